The minimum Gasteiger partial charge on any atom is -0.383 e. The molecule has 0 spiro atoms. The molecule has 0 N–H and O–H groups in total. The highest BCUT2D eigenvalue weighted by atomic mass is 35.5. The molecule has 1 heterocycles. The van der Waals surface area contributed by atoms with Gasteiger partial charge in [0.15, 0.2) is 11.0 Å². The van der Waals surface area contributed by atoms with Gasteiger partial charge in [0.1, 0.15) is 0 Å². The Morgan fingerprint density at radius 3 is 2.29 bits per heavy atom. The number of ether oxygens (including phenoxy) is 1. The van der Waals surface area contributed by atoms with Gasteiger partial charge < -0.3 is 4.74 Å². The van der Waals surface area contributed by atoms with E-state index in [4.69, 9.17) is 16.3 Å². The van der Waals surface area contributed by atoms with Crippen molar-refractivity contribution in [2.75, 3.05) is 13.7 Å². The standard InChI is InChI=1S/C22H26ClN3OS/c1-22(2,3)18-9-5-16(6-10-18)15-28-21-25-24-20(26(21)13-14-27-4)17-7-11-19(23)12-8-17/h5-12H,13-15H2,1-4H3. The molecule has 0 aliphatic carbocycles. The predicted octanol–water partition coefficient (Wildman–Crippen LogP) is 5.83. The Labute approximate surface area is 176 Å². The molecule has 0 amide bonds. The molecule has 2 aromatic carbocycles. The van der Waals surface area contributed by atoms with Crippen LogP contribution < -0.4 is 0 Å². The van der Waals surface area contributed by atoms with Crippen molar-refractivity contribution in [1.82, 2.24) is 14.8 Å². The quantitative estimate of drug-likeness (QED) is 0.455. The van der Waals surface area contributed by atoms with Crippen LogP contribution in [0.1, 0.15) is 31.9 Å². The third-order valence-electron chi connectivity index (χ3n) is 4.53. The zero-order valence-corrected chi connectivity index (χ0v) is 18.3. The molecule has 0 saturated carbocycles. The van der Waals surface area contributed by atoms with Crippen molar-refractivity contribution in [2.24, 2.45) is 0 Å². The first-order chi connectivity index (χ1) is 13.4. The van der Waals surface area contributed by atoms with Crippen LogP contribution in [0.5, 0.6) is 0 Å². The average molecular weight is 416 g/mol. The van der Waals surface area contributed by atoms with E-state index in [-0.39, 0.29) is 5.41 Å². The van der Waals surface area contributed by atoms with Crippen molar-refractivity contribution in [3.63, 3.8) is 0 Å². The molecular formula is C22H26ClN3OS. The van der Waals surface area contributed by atoms with E-state index >= 15 is 0 Å². The second kappa shape index (κ2) is 9.12. The van der Waals surface area contributed by atoms with Crippen LogP contribution in [0, 0.1) is 0 Å². The largest absolute Gasteiger partial charge is 0.383 e. The molecule has 148 valence electrons. The number of benzene rings is 2. The van der Waals surface area contributed by atoms with Gasteiger partial charge in [-0.15, -0.1) is 10.2 Å². The fourth-order valence-electron chi connectivity index (χ4n) is 2.84. The SMILES string of the molecule is COCCn1c(SCc2ccc(C(C)(C)C)cc2)nnc1-c1ccc(Cl)cc1. The molecule has 28 heavy (non-hydrogen) atoms. The molecule has 3 rings (SSSR count). The number of aromatic nitrogens is 3. The highest BCUT2D eigenvalue weighted by Gasteiger charge is 2.16. The number of hydrogen-bond donors (Lipinski definition) is 0. The summed E-state index contributed by atoms with van der Waals surface area (Å²) < 4.78 is 7.39. The number of hydrogen-bond acceptors (Lipinski definition) is 4. The summed E-state index contributed by atoms with van der Waals surface area (Å²) in [5.74, 6) is 1.68. The summed E-state index contributed by atoms with van der Waals surface area (Å²) in [7, 11) is 1.70. The number of methoxy groups -OCH3 is 1. The summed E-state index contributed by atoms with van der Waals surface area (Å²) in [6.07, 6.45) is 0. The zero-order chi connectivity index (χ0) is 20.1. The van der Waals surface area contributed by atoms with Crippen LogP contribution in [0.25, 0.3) is 11.4 Å². The fourth-order valence-corrected chi connectivity index (χ4v) is 3.89. The summed E-state index contributed by atoms with van der Waals surface area (Å²) in [6, 6.07) is 16.5. The molecule has 0 saturated heterocycles. The predicted molar refractivity (Wildman–Crippen MR) is 117 cm³/mol. The minimum atomic E-state index is 0.166. The molecule has 0 atom stereocenters. The van der Waals surface area contributed by atoms with Crippen molar-refractivity contribution >= 4 is 23.4 Å². The van der Waals surface area contributed by atoms with E-state index in [1.165, 1.54) is 11.1 Å². The molecule has 4 nitrogen and oxygen atoms in total. The normalized spacial score (nSPS) is 11.8. The Morgan fingerprint density at radius 2 is 1.68 bits per heavy atom. The third kappa shape index (κ3) is 5.16. The van der Waals surface area contributed by atoms with Crippen molar-refractivity contribution in [2.45, 2.75) is 43.6 Å². The number of halogens is 1. The molecule has 6 heteroatoms. The van der Waals surface area contributed by atoms with Crippen molar-refractivity contribution in [3.8, 4) is 11.4 Å². The van der Waals surface area contributed by atoms with Crippen LogP contribution in [-0.2, 0) is 22.4 Å². The minimum absolute atomic E-state index is 0.166. The van der Waals surface area contributed by atoms with E-state index in [0.29, 0.717) is 18.2 Å². The monoisotopic (exact) mass is 415 g/mol. The number of thioether (sulfide) groups is 1. The van der Waals surface area contributed by atoms with Crippen LogP contribution in [0.4, 0.5) is 0 Å². The summed E-state index contributed by atoms with van der Waals surface area (Å²) >= 11 is 7.71. The summed E-state index contributed by atoms with van der Waals surface area (Å²) in [4.78, 5) is 0. The van der Waals surface area contributed by atoms with Gasteiger partial charge >= 0.3 is 0 Å². The van der Waals surface area contributed by atoms with E-state index in [9.17, 15) is 0 Å². The van der Waals surface area contributed by atoms with E-state index in [1.54, 1.807) is 18.9 Å². The molecule has 0 fully saturated rings. The first-order valence-electron chi connectivity index (χ1n) is 9.29. The lowest BCUT2D eigenvalue weighted by molar-refractivity contribution is 0.185. The van der Waals surface area contributed by atoms with E-state index in [1.807, 2.05) is 24.3 Å². The highest BCUT2D eigenvalue weighted by molar-refractivity contribution is 7.98. The van der Waals surface area contributed by atoms with Gasteiger partial charge in [0, 0.05) is 23.4 Å². The van der Waals surface area contributed by atoms with Gasteiger partial charge in [-0.1, -0.05) is 68.4 Å². The van der Waals surface area contributed by atoms with Gasteiger partial charge in [-0.3, -0.25) is 4.57 Å². The second-order valence-electron chi connectivity index (χ2n) is 7.69. The third-order valence-corrected chi connectivity index (χ3v) is 5.82. The second-order valence-corrected chi connectivity index (χ2v) is 9.07. The lowest BCUT2D eigenvalue weighted by Crippen LogP contribution is -2.10. The number of nitrogens with zero attached hydrogens (tertiary/aromatic N) is 3. The molecule has 0 radical (unpaired) electrons. The summed E-state index contributed by atoms with van der Waals surface area (Å²) in [5.41, 5.74) is 3.77. The van der Waals surface area contributed by atoms with Crippen LogP contribution in [-0.4, -0.2) is 28.5 Å². The Kier molecular flexibility index (Phi) is 6.81. The molecule has 0 aliphatic heterocycles. The van der Waals surface area contributed by atoms with Gasteiger partial charge in [0.2, 0.25) is 0 Å². The molecule has 1 aromatic heterocycles. The van der Waals surface area contributed by atoms with Crippen molar-refractivity contribution < 1.29 is 4.74 Å². The lowest BCUT2D eigenvalue weighted by Gasteiger charge is -2.19. The van der Waals surface area contributed by atoms with Crippen LogP contribution in [0.2, 0.25) is 5.02 Å². The maximum atomic E-state index is 6.02. The topological polar surface area (TPSA) is 39.9 Å². The Morgan fingerprint density at radius 1 is 1.00 bits per heavy atom. The first-order valence-corrected chi connectivity index (χ1v) is 10.6. The summed E-state index contributed by atoms with van der Waals surface area (Å²) in [6.45, 7) is 7.99. The van der Waals surface area contributed by atoms with Crippen molar-refractivity contribution in [3.05, 3.63) is 64.7 Å². The van der Waals surface area contributed by atoms with Gasteiger partial charge in [-0.25, -0.2) is 0 Å². The molecule has 0 unspecified atom stereocenters. The van der Waals surface area contributed by atoms with Gasteiger partial charge in [-0.05, 0) is 40.8 Å². The van der Waals surface area contributed by atoms with Crippen LogP contribution in [0.15, 0.2) is 53.7 Å². The smallest absolute Gasteiger partial charge is 0.191 e. The van der Waals surface area contributed by atoms with Crippen LogP contribution >= 0.6 is 23.4 Å². The van der Waals surface area contributed by atoms with Gasteiger partial charge in [-0.2, -0.15) is 0 Å². The highest BCUT2D eigenvalue weighted by Crippen LogP contribution is 2.28. The van der Waals surface area contributed by atoms with E-state index in [2.05, 4.69) is 59.8 Å². The maximum absolute atomic E-state index is 6.02. The lowest BCUT2D eigenvalue weighted by atomic mass is 9.87. The molecule has 3 aromatic rings. The van der Waals surface area contributed by atoms with Gasteiger partial charge in [0.05, 0.1) is 13.2 Å². The van der Waals surface area contributed by atoms with Crippen molar-refractivity contribution in [1.29, 1.82) is 0 Å². The zero-order valence-electron chi connectivity index (χ0n) is 16.8. The maximum Gasteiger partial charge on any atom is 0.191 e. The van der Waals surface area contributed by atoms with Gasteiger partial charge in [0.25, 0.3) is 0 Å². The molecule has 0 aliphatic rings. The fraction of sp³-hybridized carbons (Fsp3) is 0.364. The first kappa shape index (κ1) is 20.9. The average Bonchev–Trinajstić information content (AvgIpc) is 3.07. The van der Waals surface area contributed by atoms with E-state index < -0.39 is 0 Å². The molecular weight excluding hydrogens is 390 g/mol. The summed E-state index contributed by atoms with van der Waals surface area (Å²) in [5, 5.41) is 10.4. The Balaban J connectivity index is 1.78. The Hall–Kier alpha value is -1.82. The molecule has 0 bridgehead atoms. The number of rotatable bonds is 7. The Bertz CT molecular complexity index is 899. The van der Waals surface area contributed by atoms with E-state index in [0.717, 1.165) is 22.3 Å². The van der Waals surface area contributed by atoms with Crippen LogP contribution in [0.3, 0.4) is 0 Å².